The third-order valence-electron chi connectivity index (χ3n) is 1.70. The summed E-state index contributed by atoms with van der Waals surface area (Å²) in [5, 5.41) is 8.44. The van der Waals surface area contributed by atoms with Crippen molar-refractivity contribution in [2.45, 2.75) is 0 Å². The highest BCUT2D eigenvalue weighted by Gasteiger charge is 2.13. The van der Waals surface area contributed by atoms with E-state index in [1.54, 1.807) is 0 Å². The molecule has 0 bridgehead atoms. The maximum absolute atomic E-state index is 12.5. The topological polar surface area (TPSA) is 66.8 Å². The molecule has 16 heavy (non-hydrogen) atoms. The molecule has 0 spiro atoms. The molecule has 0 saturated carbocycles. The number of rotatable bonds is 3. The summed E-state index contributed by atoms with van der Waals surface area (Å²) < 4.78 is 17.3. The van der Waals surface area contributed by atoms with Gasteiger partial charge in [0.1, 0.15) is 18.1 Å². The number of benzene rings is 1. The minimum Gasteiger partial charge on any atom is -0.480 e. The fourth-order valence-electron chi connectivity index (χ4n) is 0.949. The van der Waals surface area contributed by atoms with Gasteiger partial charge in [-0.1, -0.05) is 0 Å². The van der Waals surface area contributed by atoms with E-state index in [0.29, 0.717) is 0 Å². The van der Waals surface area contributed by atoms with Gasteiger partial charge in [-0.15, -0.1) is 0 Å². The Hall–Kier alpha value is -2.11. The standard InChI is InChI=1S/C10H10FNO4/c1-12(6-9(13)14)10(15)16-8-4-2-7(11)3-5-8/h2-5H,6H2,1H3,(H,13,14). The third kappa shape index (κ3) is 3.56. The number of nitrogens with zero attached hydrogens (tertiary/aromatic N) is 1. The van der Waals surface area contributed by atoms with Crippen LogP contribution in [-0.4, -0.2) is 35.7 Å². The van der Waals surface area contributed by atoms with Gasteiger partial charge in [-0.05, 0) is 24.3 Å². The Morgan fingerprint density at radius 1 is 1.38 bits per heavy atom. The highest BCUT2D eigenvalue weighted by molar-refractivity contribution is 5.77. The Kier molecular flexibility index (Phi) is 3.82. The molecule has 1 aromatic rings. The lowest BCUT2D eigenvalue weighted by molar-refractivity contribution is -0.137. The van der Waals surface area contributed by atoms with E-state index >= 15 is 0 Å². The highest BCUT2D eigenvalue weighted by atomic mass is 19.1. The minimum absolute atomic E-state index is 0.156. The molecule has 1 N–H and O–H groups in total. The van der Waals surface area contributed by atoms with E-state index in [4.69, 9.17) is 9.84 Å². The SMILES string of the molecule is CN(CC(=O)O)C(=O)Oc1ccc(F)cc1. The quantitative estimate of drug-likeness (QED) is 0.846. The Labute approximate surface area is 91.0 Å². The number of carboxylic acid groups (broad SMARTS) is 1. The van der Waals surface area contributed by atoms with Crippen LogP contribution in [0.15, 0.2) is 24.3 Å². The molecule has 6 heteroatoms. The smallest absolute Gasteiger partial charge is 0.415 e. The first-order valence-electron chi connectivity index (χ1n) is 4.39. The molecule has 0 atom stereocenters. The molecule has 86 valence electrons. The van der Waals surface area contributed by atoms with Crippen molar-refractivity contribution in [2.24, 2.45) is 0 Å². The summed E-state index contributed by atoms with van der Waals surface area (Å²) >= 11 is 0. The van der Waals surface area contributed by atoms with Gasteiger partial charge in [0.05, 0.1) is 0 Å². The van der Waals surface area contributed by atoms with E-state index in [1.165, 1.54) is 19.2 Å². The lowest BCUT2D eigenvalue weighted by Crippen LogP contribution is -2.34. The van der Waals surface area contributed by atoms with E-state index in [2.05, 4.69) is 0 Å². The van der Waals surface area contributed by atoms with Crippen molar-refractivity contribution in [1.29, 1.82) is 0 Å². The predicted octanol–water partition coefficient (Wildman–Crippen LogP) is 1.34. The lowest BCUT2D eigenvalue weighted by atomic mass is 10.3. The Bertz CT molecular complexity index is 390. The predicted molar refractivity (Wildman–Crippen MR) is 52.7 cm³/mol. The monoisotopic (exact) mass is 227 g/mol. The summed E-state index contributed by atoms with van der Waals surface area (Å²) in [7, 11) is 1.29. The maximum Gasteiger partial charge on any atom is 0.415 e. The molecule has 0 aliphatic heterocycles. The van der Waals surface area contributed by atoms with Crippen LogP contribution >= 0.6 is 0 Å². The molecule has 1 amide bonds. The van der Waals surface area contributed by atoms with Crippen molar-refractivity contribution in [3.63, 3.8) is 0 Å². The van der Waals surface area contributed by atoms with E-state index in [-0.39, 0.29) is 5.75 Å². The third-order valence-corrected chi connectivity index (χ3v) is 1.70. The summed E-state index contributed by atoms with van der Waals surface area (Å²) in [6.07, 6.45) is -0.811. The number of carbonyl (C=O) groups is 2. The molecule has 1 aromatic carbocycles. The van der Waals surface area contributed by atoms with Crippen LogP contribution in [0.2, 0.25) is 0 Å². The molecule has 1 rings (SSSR count). The zero-order valence-electron chi connectivity index (χ0n) is 8.51. The van der Waals surface area contributed by atoms with Crippen LogP contribution < -0.4 is 4.74 Å². The second kappa shape index (κ2) is 5.11. The van der Waals surface area contributed by atoms with Crippen molar-refractivity contribution in [2.75, 3.05) is 13.6 Å². The molecule has 5 nitrogen and oxygen atoms in total. The number of hydrogen-bond donors (Lipinski definition) is 1. The fourth-order valence-corrected chi connectivity index (χ4v) is 0.949. The van der Waals surface area contributed by atoms with Crippen LogP contribution in [0.25, 0.3) is 0 Å². The van der Waals surface area contributed by atoms with Crippen LogP contribution in [0.4, 0.5) is 9.18 Å². The number of aliphatic carboxylic acids is 1. The number of amides is 1. The molecular formula is C10H10FNO4. The second-order valence-electron chi connectivity index (χ2n) is 3.07. The zero-order valence-corrected chi connectivity index (χ0v) is 8.51. The van der Waals surface area contributed by atoms with Crippen LogP contribution in [0.5, 0.6) is 5.75 Å². The maximum atomic E-state index is 12.5. The average Bonchev–Trinajstić information content (AvgIpc) is 2.20. The largest absolute Gasteiger partial charge is 0.480 e. The first-order chi connectivity index (χ1) is 7.49. The molecule has 0 unspecified atom stereocenters. The summed E-state index contributed by atoms with van der Waals surface area (Å²) in [4.78, 5) is 22.5. The van der Waals surface area contributed by atoms with Crippen molar-refractivity contribution in [1.82, 2.24) is 4.90 Å². The first kappa shape index (κ1) is 12.0. The summed E-state index contributed by atoms with van der Waals surface area (Å²) in [6, 6.07) is 4.84. The number of ether oxygens (including phenoxy) is 1. The number of hydrogen-bond acceptors (Lipinski definition) is 3. The van der Waals surface area contributed by atoms with E-state index in [0.717, 1.165) is 17.0 Å². The molecule has 0 aliphatic rings. The van der Waals surface area contributed by atoms with Gasteiger partial charge in [0.25, 0.3) is 0 Å². The van der Waals surface area contributed by atoms with E-state index in [1.807, 2.05) is 0 Å². The lowest BCUT2D eigenvalue weighted by Gasteiger charge is -2.13. The van der Waals surface area contributed by atoms with Gasteiger partial charge in [0.2, 0.25) is 0 Å². The fraction of sp³-hybridized carbons (Fsp3) is 0.200. The van der Waals surface area contributed by atoms with Crippen LogP contribution in [0, 0.1) is 5.82 Å². The second-order valence-corrected chi connectivity index (χ2v) is 3.07. The molecule has 0 aromatic heterocycles. The summed E-state index contributed by atoms with van der Waals surface area (Å²) in [5.74, 6) is -1.43. The van der Waals surface area contributed by atoms with Gasteiger partial charge in [0, 0.05) is 7.05 Å². The van der Waals surface area contributed by atoms with Crippen molar-refractivity contribution >= 4 is 12.1 Å². The van der Waals surface area contributed by atoms with Gasteiger partial charge in [-0.2, -0.15) is 0 Å². The van der Waals surface area contributed by atoms with Gasteiger partial charge in [0.15, 0.2) is 0 Å². The highest BCUT2D eigenvalue weighted by Crippen LogP contribution is 2.11. The molecule has 0 saturated heterocycles. The van der Waals surface area contributed by atoms with Crippen LogP contribution in [0.3, 0.4) is 0 Å². The Balaban J connectivity index is 2.57. The number of halogens is 1. The van der Waals surface area contributed by atoms with Crippen molar-refractivity contribution in [3.8, 4) is 5.75 Å². The van der Waals surface area contributed by atoms with Crippen LogP contribution in [-0.2, 0) is 4.79 Å². The van der Waals surface area contributed by atoms with E-state index < -0.39 is 24.4 Å². The van der Waals surface area contributed by atoms with Crippen LogP contribution in [0.1, 0.15) is 0 Å². The zero-order chi connectivity index (χ0) is 12.1. The summed E-state index contributed by atoms with van der Waals surface area (Å²) in [5.41, 5.74) is 0. The van der Waals surface area contributed by atoms with Gasteiger partial charge >= 0.3 is 12.1 Å². The average molecular weight is 227 g/mol. The van der Waals surface area contributed by atoms with Crippen molar-refractivity contribution in [3.05, 3.63) is 30.1 Å². The van der Waals surface area contributed by atoms with Gasteiger partial charge < -0.3 is 9.84 Å². The van der Waals surface area contributed by atoms with Crippen molar-refractivity contribution < 1.29 is 23.8 Å². The molecule has 0 fully saturated rings. The normalized spacial score (nSPS) is 9.62. The molecule has 0 radical (unpaired) electrons. The van der Waals surface area contributed by atoms with Gasteiger partial charge in [-0.3, -0.25) is 9.69 Å². The van der Waals surface area contributed by atoms with Gasteiger partial charge in [-0.25, -0.2) is 9.18 Å². The number of carbonyl (C=O) groups excluding carboxylic acids is 1. The number of carboxylic acids is 1. The number of likely N-dealkylation sites (N-methyl/N-ethyl adjacent to an activating group) is 1. The first-order valence-corrected chi connectivity index (χ1v) is 4.39. The van der Waals surface area contributed by atoms with E-state index in [9.17, 15) is 14.0 Å². The summed E-state index contributed by atoms with van der Waals surface area (Å²) in [6.45, 7) is -0.458. The Morgan fingerprint density at radius 2 is 1.94 bits per heavy atom. The minimum atomic E-state index is -1.14. The molecular weight excluding hydrogens is 217 g/mol. The Morgan fingerprint density at radius 3 is 2.44 bits per heavy atom. The molecule has 0 heterocycles. The molecule has 0 aliphatic carbocycles.